The molecule has 0 aliphatic rings. The van der Waals surface area contributed by atoms with E-state index in [4.69, 9.17) is 9.47 Å². The van der Waals surface area contributed by atoms with E-state index in [0.29, 0.717) is 22.7 Å². The molecule has 0 aliphatic carbocycles. The molecule has 2 aromatic carbocycles. The van der Waals surface area contributed by atoms with Gasteiger partial charge in [0.1, 0.15) is 12.3 Å². The van der Waals surface area contributed by atoms with E-state index in [1.54, 1.807) is 29.7 Å². The van der Waals surface area contributed by atoms with Gasteiger partial charge in [-0.1, -0.05) is 23.5 Å². The average molecular weight is 455 g/mol. The van der Waals surface area contributed by atoms with Gasteiger partial charge >= 0.3 is 5.97 Å². The standard InChI is InChI=1S/C22H21N3O6S/c1-3-30-17-9-10-18-19(13-17)32-22(24(18)14-21(27)31-4-2)23-20(26)11-8-15-6-5-7-16(12-15)25(28)29/h5-13H,3-4,14H2,1-2H3. The summed E-state index contributed by atoms with van der Waals surface area (Å²) in [6.45, 7) is 4.26. The lowest BCUT2D eigenvalue weighted by Crippen LogP contribution is -2.22. The number of non-ortho nitro benzene ring substituents is 1. The second-order valence-electron chi connectivity index (χ2n) is 6.47. The zero-order valence-corrected chi connectivity index (χ0v) is 18.3. The first kappa shape index (κ1) is 22.9. The van der Waals surface area contributed by atoms with E-state index in [1.807, 2.05) is 13.0 Å². The summed E-state index contributed by atoms with van der Waals surface area (Å²) in [5.74, 6) is -0.333. The zero-order valence-electron chi connectivity index (χ0n) is 17.5. The van der Waals surface area contributed by atoms with E-state index >= 15 is 0 Å². The lowest BCUT2D eigenvalue weighted by Gasteiger charge is -2.06. The van der Waals surface area contributed by atoms with Crippen molar-refractivity contribution in [2.45, 2.75) is 20.4 Å². The van der Waals surface area contributed by atoms with Gasteiger partial charge in [-0.2, -0.15) is 4.99 Å². The molecule has 3 aromatic rings. The SMILES string of the molecule is CCOC(=O)Cn1c(=NC(=O)C=Cc2cccc([N+](=O)[O-])c2)sc2cc(OCC)ccc21. The first-order valence-corrected chi connectivity index (χ1v) is 10.7. The number of esters is 1. The van der Waals surface area contributed by atoms with Crippen LogP contribution < -0.4 is 9.54 Å². The highest BCUT2D eigenvalue weighted by Gasteiger charge is 2.13. The molecule has 166 valence electrons. The van der Waals surface area contributed by atoms with Crippen molar-refractivity contribution in [3.05, 3.63) is 69.0 Å². The van der Waals surface area contributed by atoms with Crippen molar-refractivity contribution in [3.8, 4) is 5.75 Å². The van der Waals surface area contributed by atoms with Gasteiger partial charge in [-0.05, 0) is 43.7 Å². The smallest absolute Gasteiger partial charge is 0.326 e. The Kier molecular flexibility index (Phi) is 7.50. The van der Waals surface area contributed by atoms with Crippen LogP contribution in [0.2, 0.25) is 0 Å². The maximum Gasteiger partial charge on any atom is 0.326 e. The largest absolute Gasteiger partial charge is 0.494 e. The van der Waals surface area contributed by atoms with E-state index in [1.165, 1.54) is 41.7 Å². The number of benzene rings is 2. The van der Waals surface area contributed by atoms with Gasteiger partial charge in [0.15, 0.2) is 4.80 Å². The molecule has 0 fully saturated rings. The molecule has 0 N–H and O–H groups in total. The molecule has 1 heterocycles. The van der Waals surface area contributed by atoms with Crippen molar-refractivity contribution in [3.63, 3.8) is 0 Å². The average Bonchev–Trinajstić information content (AvgIpc) is 3.09. The van der Waals surface area contributed by atoms with Crippen LogP contribution in [0.1, 0.15) is 19.4 Å². The number of nitro benzene ring substituents is 1. The predicted molar refractivity (Wildman–Crippen MR) is 120 cm³/mol. The summed E-state index contributed by atoms with van der Waals surface area (Å²) in [6.07, 6.45) is 2.68. The predicted octanol–water partition coefficient (Wildman–Crippen LogP) is 3.71. The minimum Gasteiger partial charge on any atom is -0.494 e. The van der Waals surface area contributed by atoms with Crippen LogP contribution in [0.5, 0.6) is 5.75 Å². The van der Waals surface area contributed by atoms with Gasteiger partial charge in [0, 0.05) is 18.2 Å². The molecule has 0 atom stereocenters. The molecule has 32 heavy (non-hydrogen) atoms. The van der Waals surface area contributed by atoms with Gasteiger partial charge in [0.25, 0.3) is 11.6 Å². The summed E-state index contributed by atoms with van der Waals surface area (Å²) in [7, 11) is 0. The van der Waals surface area contributed by atoms with Gasteiger partial charge in [-0.15, -0.1) is 0 Å². The number of fused-ring (bicyclic) bond motifs is 1. The molecule has 10 heteroatoms. The monoisotopic (exact) mass is 455 g/mol. The lowest BCUT2D eigenvalue weighted by atomic mass is 10.2. The third kappa shape index (κ3) is 5.67. The summed E-state index contributed by atoms with van der Waals surface area (Å²) in [6, 6.07) is 11.3. The molecule has 0 spiro atoms. The lowest BCUT2D eigenvalue weighted by molar-refractivity contribution is -0.384. The molecule has 0 saturated carbocycles. The van der Waals surface area contributed by atoms with Gasteiger partial charge in [-0.3, -0.25) is 19.7 Å². The summed E-state index contributed by atoms with van der Waals surface area (Å²) >= 11 is 1.24. The van der Waals surface area contributed by atoms with Gasteiger partial charge in [-0.25, -0.2) is 0 Å². The number of carbonyl (C=O) groups excluding carboxylic acids is 2. The number of nitro groups is 1. The van der Waals surface area contributed by atoms with E-state index in [-0.39, 0.29) is 18.8 Å². The highest BCUT2D eigenvalue weighted by molar-refractivity contribution is 7.16. The summed E-state index contributed by atoms with van der Waals surface area (Å²) < 4.78 is 13.0. The molecule has 0 unspecified atom stereocenters. The summed E-state index contributed by atoms with van der Waals surface area (Å²) in [5.41, 5.74) is 1.15. The first-order chi connectivity index (χ1) is 15.4. The number of hydrogen-bond acceptors (Lipinski definition) is 7. The molecule has 9 nitrogen and oxygen atoms in total. The summed E-state index contributed by atoms with van der Waals surface area (Å²) in [5, 5.41) is 10.9. The molecule has 3 rings (SSSR count). The number of ether oxygens (including phenoxy) is 2. The maximum atomic E-state index is 12.5. The molecule has 1 aromatic heterocycles. The van der Waals surface area contributed by atoms with Crippen molar-refractivity contribution in [2.24, 2.45) is 4.99 Å². The van der Waals surface area contributed by atoms with Crippen LogP contribution in [0.4, 0.5) is 5.69 Å². The normalized spacial score (nSPS) is 11.8. The minimum atomic E-state index is -0.564. The van der Waals surface area contributed by atoms with Crippen LogP contribution in [-0.2, 0) is 20.9 Å². The Bertz CT molecular complexity index is 1260. The Balaban J connectivity index is 1.97. The Morgan fingerprint density at radius 1 is 1.19 bits per heavy atom. The number of carbonyl (C=O) groups is 2. The van der Waals surface area contributed by atoms with Crippen LogP contribution in [0.25, 0.3) is 16.3 Å². The second-order valence-corrected chi connectivity index (χ2v) is 7.48. The fraction of sp³-hybridized carbons (Fsp3) is 0.227. The molecule has 0 radical (unpaired) electrons. The van der Waals surface area contributed by atoms with Crippen LogP contribution in [0.15, 0.2) is 53.5 Å². The number of nitrogens with zero attached hydrogens (tertiary/aromatic N) is 3. The number of aromatic nitrogens is 1. The number of amides is 1. The summed E-state index contributed by atoms with van der Waals surface area (Å²) in [4.78, 5) is 39.4. The molecular weight excluding hydrogens is 434 g/mol. The van der Waals surface area contributed by atoms with E-state index in [2.05, 4.69) is 4.99 Å². The number of thiazole rings is 1. The molecule has 0 bridgehead atoms. The van der Waals surface area contributed by atoms with Crippen LogP contribution >= 0.6 is 11.3 Å². The van der Waals surface area contributed by atoms with Crippen molar-refractivity contribution < 1.29 is 24.0 Å². The van der Waals surface area contributed by atoms with Crippen molar-refractivity contribution in [2.75, 3.05) is 13.2 Å². The van der Waals surface area contributed by atoms with Gasteiger partial charge < -0.3 is 14.0 Å². The third-order valence-corrected chi connectivity index (χ3v) is 5.30. The maximum absolute atomic E-state index is 12.5. The zero-order chi connectivity index (χ0) is 23.1. The van der Waals surface area contributed by atoms with Gasteiger partial charge in [0.05, 0.1) is 28.4 Å². The quantitative estimate of drug-likeness (QED) is 0.221. The Morgan fingerprint density at radius 2 is 2.00 bits per heavy atom. The van der Waals surface area contributed by atoms with E-state index < -0.39 is 16.8 Å². The molecule has 0 saturated heterocycles. The van der Waals surface area contributed by atoms with Crippen LogP contribution in [-0.4, -0.2) is 34.6 Å². The van der Waals surface area contributed by atoms with Crippen LogP contribution in [0, 0.1) is 10.1 Å². The Labute approximate surface area is 187 Å². The number of hydrogen-bond donors (Lipinski definition) is 0. The molecule has 1 amide bonds. The highest BCUT2D eigenvalue weighted by Crippen LogP contribution is 2.23. The van der Waals surface area contributed by atoms with Crippen molar-refractivity contribution in [1.82, 2.24) is 4.57 Å². The Morgan fingerprint density at radius 3 is 2.72 bits per heavy atom. The Hall–Kier alpha value is -3.79. The topological polar surface area (TPSA) is 113 Å². The van der Waals surface area contributed by atoms with Crippen molar-refractivity contribution >= 4 is 45.2 Å². The van der Waals surface area contributed by atoms with Crippen molar-refractivity contribution in [1.29, 1.82) is 0 Å². The third-order valence-electron chi connectivity index (χ3n) is 4.26. The molecule has 0 aliphatic heterocycles. The number of rotatable bonds is 8. The van der Waals surface area contributed by atoms with E-state index in [0.717, 1.165) is 10.2 Å². The van der Waals surface area contributed by atoms with Crippen LogP contribution in [0.3, 0.4) is 0 Å². The fourth-order valence-corrected chi connectivity index (χ4v) is 3.99. The first-order valence-electron chi connectivity index (χ1n) is 9.84. The van der Waals surface area contributed by atoms with E-state index in [9.17, 15) is 19.7 Å². The van der Waals surface area contributed by atoms with Gasteiger partial charge in [0.2, 0.25) is 0 Å². The fourth-order valence-electron chi connectivity index (χ4n) is 2.92. The highest BCUT2D eigenvalue weighted by atomic mass is 32.1. The second kappa shape index (κ2) is 10.5. The molecular formula is C22H21N3O6S. The minimum absolute atomic E-state index is 0.0709.